The van der Waals surface area contributed by atoms with Crippen LogP contribution < -0.4 is 10.5 Å². The van der Waals surface area contributed by atoms with E-state index in [2.05, 4.69) is 40.2 Å². The minimum Gasteiger partial charge on any atom is -0.496 e. The van der Waals surface area contributed by atoms with E-state index in [-0.39, 0.29) is 0 Å². The molecule has 0 unspecified atom stereocenters. The van der Waals surface area contributed by atoms with E-state index >= 15 is 0 Å². The summed E-state index contributed by atoms with van der Waals surface area (Å²) in [5.74, 6) is 0.952. The van der Waals surface area contributed by atoms with Crippen LogP contribution in [0.5, 0.6) is 5.75 Å². The molecule has 0 aliphatic heterocycles. The summed E-state index contributed by atoms with van der Waals surface area (Å²) in [6.45, 7) is 0.708. The molecule has 0 saturated heterocycles. The van der Waals surface area contributed by atoms with Crippen LogP contribution in [0, 0.1) is 0 Å². The standard InChI is InChI=1S/C14H16BrNO/c1-17-14-9-10-4-5-13(15)8-12(10)7-11(14)3-2-6-16/h4-5,7-9H,2-3,6,16H2,1H3. The molecule has 0 radical (unpaired) electrons. The molecule has 0 bridgehead atoms. The zero-order valence-electron chi connectivity index (χ0n) is 9.87. The Morgan fingerprint density at radius 3 is 2.71 bits per heavy atom. The SMILES string of the molecule is COc1cc2ccc(Br)cc2cc1CCCN. The number of benzene rings is 2. The molecule has 0 aromatic heterocycles. The van der Waals surface area contributed by atoms with Gasteiger partial charge in [-0.05, 0) is 60.0 Å². The number of rotatable bonds is 4. The molecule has 2 N–H and O–H groups in total. The summed E-state index contributed by atoms with van der Waals surface area (Å²) in [6.07, 6.45) is 1.94. The van der Waals surface area contributed by atoms with Crippen LogP contribution in [-0.4, -0.2) is 13.7 Å². The van der Waals surface area contributed by atoms with E-state index in [1.807, 2.05) is 6.07 Å². The fourth-order valence-electron chi connectivity index (χ4n) is 1.97. The highest BCUT2D eigenvalue weighted by Gasteiger charge is 2.05. The zero-order chi connectivity index (χ0) is 12.3. The molecule has 0 spiro atoms. The van der Waals surface area contributed by atoms with E-state index in [4.69, 9.17) is 10.5 Å². The van der Waals surface area contributed by atoms with Crippen molar-refractivity contribution in [3.8, 4) is 5.75 Å². The number of halogens is 1. The normalized spacial score (nSPS) is 10.8. The Hall–Kier alpha value is -1.06. The summed E-state index contributed by atoms with van der Waals surface area (Å²) < 4.78 is 6.53. The van der Waals surface area contributed by atoms with Crippen LogP contribution >= 0.6 is 15.9 Å². The van der Waals surface area contributed by atoms with E-state index < -0.39 is 0 Å². The van der Waals surface area contributed by atoms with Gasteiger partial charge in [-0.1, -0.05) is 22.0 Å². The number of hydrogen-bond donors (Lipinski definition) is 1. The van der Waals surface area contributed by atoms with Gasteiger partial charge in [0, 0.05) is 4.47 Å². The number of ether oxygens (including phenoxy) is 1. The van der Waals surface area contributed by atoms with Crippen molar-refractivity contribution in [1.82, 2.24) is 0 Å². The largest absolute Gasteiger partial charge is 0.496 e. The van der Waals surface area contributed by atoms with Crippen LogP contribution in [0.25, 0.3) is 10.8 Å². The van der Waals surface area contributed by atoms with E-state index in [0.29, 0.717) is 6.54 Å². The Balaban J connectivity index is 2.49. The second kappa shape index (κ2) is 5.52. The molecule has 0 atom stereocenters. The lowest BCUT2D eigenvalue weighted by atomic mass is 10.0. The Bertz CT molecular complexity index is 525. The maximum absolute atomic E-state index is 5.56. The van der Waals surface area contributed by atoms with Gasteiger partial charge in [0.05, 0.1) is 7.11 Å². The first kappa shape index (κ1) is 12.4. The predicted octanol–water partition coefficient (Wildman–Crippen LogP) is 3.50. The van der Waals surface area contributed by atoms with E-state index in [0.717, 1.165) is 23.1 Å². The predicted molar refractivity (Wildman–Crippen MR) is 75.6 cm³/mol. The molecule has 2 rings (SSSR count). The van der Waals surface area contributed by atoms with Crippen molar-refractivity contribution in [2.24, 2.45) is 5.73 Å². The molecule has 3 heteroatoms. The number of fused-ring (bicyclic) bond motifs is 1. The molecule has 0 heterocycles. The average Bonchev–Trinajstić information content (AvgIpc) is 2.35. The van der Waals surface area contributed by atoms with E-state index in [9.17, 15) is 0 Å². The van der Waals surface area contributed by atoms with Gasteiger partial charge in [-0.3, -0.25) is 0 Å². The highest BCUT2D eigenvalue weighted by Crippen LogP contribution is 2.28. The lowest BCUT2D eigenvalue weighted by Gasteiger charge is -2.10. The summed E-state index contributed by atoms with van der Waals surface area (Å²) >= 11 is 3.49. The van der Waals surface area contributed by atoms with Crippen molar-refractivity contribution in [3.05, 3.63) is 40.4 Å². The molecule has 2 aromatic rings. The molecule has 2 nitrogen and oxygen atoms in total. The van der Waals surface area contributed by atoms with Crippen molar-refractivity contribution in [2.75, 3.05) is 13.7 Å². The molecular formula is C14H16BrNO. The molecular weight excluding hydrogens is 278 g/mol. The lowest BCUT2D eigenvalue weighted by Crippen LogP contribution is -2.01. The van der Waals surface area contributed by atoms with Gasteiger partial charge < -0.3 is 10.5 Å². The minimum absolute atomic E-state index is 0.708. The number of methoxy groups -OCH3 is 1. The van der Waals surface area contributed by atoms with Crippen molar-refractivity contribution < 1.29 is 4.74 Å². The van der Waals surface area contributed by atoms with Crippen LogP contribution in [0.3, 0.4) is 0 Å². The first-order chi connectivity index (χ1) is 8.24. The van der Waals surface area contributed by atoms with Crippen molar-refractivity contribution in [2.45, 2.75) is 12.8 Å². The Morgan fingerprint density at radius 2 is 2.00 bits per heavy atom. The van der Waals surface area contributed by atoms with Gasteiger partial charge in [-0.15, -0.1) is 0 Å². The van der Waals surface area contributed by atoms with Gasteiger partial charge >= 0.3 is 0 Å². The third kappa shape index (κ3) is 2.79. The van der Waals surface area contributed by atoms with Crippen LogP contribution in [0.1, 0.15) is 12.0 Å². The van der Waals surface area contributed by atoms with Gasteiger partial charge in [0.1, 0.15) is 5.75 Å². The monoisotopic (exact) mass is 293 g/mol. The fourth-order valence-corrected chi connectivity index (χ4v) is 2.35. The highest BCUT2D eigenvalue weighted by atomic mass is 79.9. The van der Waals surface area contributed by atoms with Crippen LogP contribution in [0.4, 0.5) is 0 Å². The first-order valence-corrected chi connectivity index (χ1v) is 6.50. The van der Waals surface area contributed by atoms with Crippen molar-refractivity contribution >= 4 is 26.7 Å². The third-order valence-electron chi connectivity index (χ3n) is 2.85. The van der Waals surface area contributed by atoms with Gasteiger partial charge in [-0.2, -0.15) is 0 Å². The maximum atomic E-state index is 5.56. The summed E-state index contributed by atoms with van der Waals surface area (Å²) in [5.41, 5.74) is 6.78. The molecule has 0 saturated carbocycles. The topological polar surface area (TPSA) is 35.2 Å². The molecule has 0 aliphatic carbocycles. The number of nitrogens with two attached hydrogens (primary N) is 1. The summed E-state index contributed by atoms with van der Waals surface area (Å²) in [6, 6.07) is 10.5. The van der Waals surface area contributed by atoms with Gasteiger partial charge in [0.25, 0.3) is 0 Å². The molecule has 17 heavy (non-hydrogen) atoms. The molecule has 0 fully saturated rings. The number of aryl methyl sites for hydroxylation is 1. The molecule has 2 aromatic carbocycles. The summed E-state index contributed by atoms with van der Waals surface area (Å²) in [7, 11) is 1.71. The summed E-state index contributed by atoms with van der Waals surface area (Å²) in [4.78, 5) is 0. The maximum Gasteiger partial charge on any atom is 0.122 e. The Labute approximate surface area is 110 Å². The molecule has 90 valence electrons. The fraction of sp³-hybridized carbons (Fsp3) is 0.286. The first-order valence-electron chi connectivity index (χ1n) is 5.71. The van der Waals surface area contributed by atoms with Crippen LogP contribution in [-0.2, 0) is 6.42 Å². The van der Waals surface area contributed by atoms with Crippen LogP contribution in [0.2, 0.25) is 0 Å². The molecule has 0 amide bonds. The van der Waals surface area contributed by atoms with Gasteiger partial charge in [0.2, 0.25) is 0 Å². The van der Waals surface area contributed by atoms with Gasteiger partial charge in [0.15, 0.2) is 0 Å². The highest BCUT2D eigenvalue weighted by molar-refractivity contribution is 9.10. The second-order valence-corrected chi connectivity index (χ2v) is 4.96. The lowest BCUT2D eigenvalue weighted by molar-refractivity contribution is 0.410. The minimum atomic E-state index is 0.708. The number of hydrogen-bond acceptors (Lipinski definition) is 2. The van der Waals surface area contributed by atoms with Crippen molar-refractivity contribution in [1.29, 1.82) is 0 Å². The van der Waals surface area contributed by atoms with Crippen molar-refractivity contribution in [3.63, 3.8) is 0 Å². The van der Waals surface area contributed by atoms with Gasteiger partial charge in [-0.25, -0.2) is 0 Å². The Morgan fingerprint density at radius 1 is 1.18 bits per heavy atom. The smallest absolute Gasteiger partial charge is 0.122 e. The average molecular weight is 294 g/mol. The zero-order valence-corrected chi connectivity index (χ0v) is 11.5. The van der Waals surface area contributed by atoms with E-state index in [1.165, 1.54) is 16.3 Å². The second-order valence-electron chi connectivity index (χ2n) is 4.05. The molecule has 0 aliphatic rings. The summed E-state index contributed by atoms with van der Waals surface area (Å²) in [5, 5.41) is 2.42. The van der Waals surface area contributed by atoms with E-state index in [1.54, 1.807) is 7.11 Å². The van der Waals surface area contributed by atoms with Crippen LogP contribution in [0.15, 0.2) is 34.8 Å². The Kier molecular flexibility index (Phi) is 4.02. The third-order valence-corrected chi connectivity index (χ3v) is 3.35. The quantitative estimate of drug-likeness (QED) is 0.936.